The molecule has 0 bridgehead atoms. The molecule has 0 aromatic carbocycles. The minimum absolute atomic E-state index is 0.207. The highest BCUT2D eigenvalue weighted by Crippen LogP contribution is 2.15. The van der Waals surface area contributed by atoms with E-state index in [1.165, 1.54) is 70.6 Å². The lowest BCUT2D eigenvalue weighted by atomic mass is 10.0. The lowest BCUT2D eigenvalue weighted by Crippen LogP contribution is -2.24. The van der Waals surface area contributed by atoms with Gasteiger partial charge >= 0.3 is 5.97 Å². The van der Waals surface area contributed by atoms with Crippen molar-refractivity contribution >= 4 is 5.97 Å². The van der Waals surface area contributed by atoms with Crippen molar-refractivity contribution in [3.05, 3.63) is 0 Å². The molecule has 0 heterocycles. The van der Waals surface area contributed by atoms with Gasteiger partial charge in [-0.2, -0.15) is 0 Å². The first kappa shape index (κ1) is 24.4. The number of hydrogen-bond acceptors (Lipinski definition) is 3. The number of unbranched alkanes of at least 4 members (excludes halogenated alkanes) is 11. The Bertz CT molecular complexity index is 307. The largest absolute Gasteiger partial charge is 0.460 e. The molecular formula is C22H44O3. The third kappa shape index (κ3) is 19.6. The van der Waals surface area contributed by atoms with Gasteiger partial charge in [-0.25, -0.2) is 0 Å². The average molecular weight is 357 g/mol. The minimum atomic E-state index is -0.433. The van der Waals surface area contributed by atoms with Crippen LogP contribution in [-0.4, -0.2) is 22.8 Å². The third-order valence-electron chi connectivity index (χ3n) is 4.49. The Morgan fingerprint density at radius 1 is 0.800 bits per heavy atom. The van der Waals surface area contributed by atoms with E-state index >= 15 is 0 Å². The second-order valence-corrected chi connectivity index (χ2v) is 8.46. The predicted molar refractivity (Wildman–Crippen MR) is 107 cm³/mol. The molecule has 150 valence electrons. The van der Waals surface area contributed by atoms with Gasteiger partial charge in [0.1, 0.15) is 5.60 Å². The lowest BCUT2D eigenvalue weighted by molar-refractivity contribution is -0.155. The van der Waals surface area contributed by atoms with E-state index < -0.39 is 5.60 Å². The van der Waals surface area contributed by atoms with Crippen LogP contribution in [0, 0.1) is 0 Å². The van der Waals surface area contributed by atoms with Gasteiger partial charge in [0, 0.05) is 6.42 Å². The third-order valence-corrected chi connectivity index (χ3v) is 4.49. The first-order chi connectivity index (χ1) is 11.8. The van der Waals surface area contributed by atoms with Crippen molar-refractivity contribution in [1.82, 2.24) is 0 Å². The summed E-state index contributed by atoms with van der Waals surface area (Å²) in [7, 11) is 0. The van der Waals surface area contributed by atoms with Crippen LogP contribution in [0.3, 0.4) is 0 Å². The summed E-state index contributed by atoms with van der Waals surface area (Å²) in [5, 5.41) is 9.95. The molecule has 1 atom stereocenters. The summed E-state index contributed by atoms with van der Waals surface area (Å²) >= 11 is 0. The molecule has 25 heavy (non-hydrogen) atoms. The van der Waals surface area contributed by atoms with E-state index in [1.54, 1.807) is 0 Å². The molecule has 0 aliphatic carbocycles. The molecule has 0 aliphatic heterocycles. The van der Waals surface area contributed by atoms with Crippen LogP contribution < -0.4 is 0 Å². The summed E-state index contributed by atoms with van der Waals surface area (Å²) in [6.45, 7) is 7.87. The number of ether oxygens (including phenoxy) is 1. The Hall–Kier alpha value is -0.570. The molecule has 3 nitrogen and oxygen atoms in total. The van der Waals surface area contributed by atoms with Gasteiger partial charge < -0.3 is 9.84 Å². The molecule has 0 spiro atoms. The highest BCUT2D eigenvalue weighted by molar-refractivity contribution is 5.69. The van der Waals surface area contributed by atoms with Crippen LogP contribution in [-0.2, 0) is 9.53 Å². The first-order valence-corrected chi connectivity index (χ1v) is 10.7. The Balaban J connectivity index is 3.32. The first-order valence-electron chi connectivity index (χ1n) is 10.7. The van der Waals surface area contributed by atoms with Crippen LogP contribution in [0.15, 0.2) is 0 Å². The molecule has 0 saturated heterocycles. The minimum Gasteiger partial charge on any atom is -0.460 e. The zero-order valence-electron chi connectivity index (χ0n) is 17.4. The standard InChI is InChI=1S/C22H44O3/c1-5-6-7-8-9-10-11-12-13-14-15-16-17-20(23)18-19-21(24)25-22(2,3)4/h20,23H,5-19H2,1-4H3. The predicted octanol–water partition coefficient (Wildman–Crippen LogP) is 6.56. The summed E-state index contributed by atoms with van der Waals surface area (Å²) in [5.74, 6) is -0.207. The van der Waals surface area contributed by atoms with E-state index in [0.717, 1.165) is 12.8 Å². The fourth-order valence-corrected chi connectivity index (χ4v) is 3.04. The van der Waals surface area contributed by atoms with E-state index in [0.29, 0.717) is 12.8 Å². The number of carbonyl (C=O) groups excluding carboxylic acids is 1. The fourth-order valence-electron chi connectivity index (χ4n) is 3.04. The second-order valence-electron chi connectivity index (χ2n) is 8.46. The van der Waals surface area contributed by atoms with Crippen LogP contribution >= 0.6 is 0 Å². The van der Waals surface area contributed by atoms with Crippen LogP contribution in [0.4, 0.5) is 0 Å². The monoisotopic (exact) mass is 356 g/mol. The molecule has 1 N–H and O–H groups in total. The van der Waals surface area contributed by atoms with Gasteiger partial charge in [0.25, 0.3) is 0 Å². The number of carbonyl (C=O) groups is 1. The van der Waals surface area contributed by atoms with Gasteiger partial charge in [0.2, 0.25) is 0 Å². The van der Waals surface area contributed by atoms with E-state index in [2.05, 4.69) is 6.92 Å². The van der Waals surface area contributed by atoms with Crippen LogP contribution in [0.5, 0.6) is 0 Å². The molecule has 0 rings (SSSR count). The van der Waals surface area contributed by atoms with Gasteiger partial charge in [0.15, 0.2) is 0 Å². The van der Waals surface area contributed by atoms with Gasteiger partial charge in [-0.05, 0) is 33.6 Å². The molecule has 0 saturated carbocycles. The van der Waals surface area contributed by atoms with Crippen LogP contribution in [0.2, 0.25) is 0 Å². The normalized spacial score (nSPS) is 13.0. The maximum absolute atomic E-state index is 11.6. The highest BCUT2D eigenvalue weighted by Gasteiger charge is 2.17. The Morgan fingerprint density at radius 3 is 1.68 bits per heavy atom. The summed E-state index contributed by atoms with van der Waals surface area (Å²) < 4.78 is 5.26. The van der Waals surface area contributed by atoms with E-state index in [4.69, 9.17) is 4.74 Å². The molecular weight excluding hydrogens is 312 g/mol. The van der Waals surface area contributed by atoms with Gasteiger partial charge in [-0.3, -0.25) is 4.79 Å². The van der Waals surface area contributed by atoms with Crippen molar-refractivity contribution in [3.8, 4) is 0 Å². The van der Waals surface area contributed by atoms with Crippen molar-refractivity contribution in [2.75, 3.05) is 0 Å². The topological polar surface area (TPSA) is 46.5 Å². The number of hydrogen-bond donors (Lipinski definition) is 1. The van der Waals surface area contributed by atoms with Crippen molar-refractivity contribution in [2.45, 2.75) is 136 Å². The van der Waals surface area contributed by atoms with Gasteiger partial charge in [0.05, 0.1) is 6.10 Å². The zero-order valence-corrected chi connectivity index (χ0v) is 17.4. The summed E-state index contributed by atoms with van der Waals surface area (Å²) in [6, 6.07) is 0. The van der Waals surface area contributed by atoms with E-state index in [9.17, 15) is 9.90 Å². The number of rotatable bonds is 16. The number of esters is 1. The Kier molecular flexibility index (Phi) is 15.3. The van der Waals surface area contributed by atoms with Crippen LogP contribution in [0.25, 0.3) is 0 Å². The molecule has 0 aromatic heterocycles. The second kappa shape index (κ2) is 15.7. The molecule has 0 fully saturated rings. The molecule has 3 heteroatoms. The van der Waals surface area contributed by atoms with Crippen LogP contribution in [0.1, 0.15) is 124 Å². The molecule has 0 amide bonds. The van der Waals surface area contributed by atoms with Gasteiger partial charge in [-0.15, -0.1) is 0 Å². The van der Waals surface area contributed by atoms with Crippen molar-refractivity contribution in [3.63, 3.8) is 0 Å². The average Bonchev–Trinajstić information content (AvgIpc) is 2.52. The van der Waals surface area contributed by atoms with E-state index in [-0.39, 0.29) is 12.1 Å². The van der Waals surface area contributed by atoms with Crippen molar-refractivity contribution in [2.24, 2.45) is 0 Å². The lowest BCUT2D eigenvalue weighted by Gasteiger charge is -2.20. The zero-order chi connectivity index (χ0) is 19.0. The number of aliphatic hydroxyl groups is 1. The number of aliphatic hydroxyl groups excluding tert-OH is 1. The Labute approximate surface area is 156 Å². The van der Waals surface area contributed by atoms with Gasteiger partial charge in [-0.1, -0.05) is 84.0 Å². The Morgan fingerprint density at radius 2 is 1.24 bits per heavy atom. The summed E-state index contributed by atoms with van der Waals surface area (Å²) in [6.07, 6.45) is 17.2. The maximum atomic E-state index is 11.6. The van der Waals surface area contributed by atoms with E-state index in [1.807, 2.05) is 20.8 Å². The SMILES string of the molecule is CCCCCCCCCCCCCCC(O)CCC(=O)OC(C)(C)C. The summed E-state index contributed by atoms with van der Waals surface area (Å²) in [4.78, 5) is 11.6. The summed E-state index contributed by atoms with van der Waals surface area (Å²) in [5.41, 5.74) is -0.433. The van der Waals surface area contributed by atoms with Crippen molar-refractivity contribution in [1.29, 1.82) is 0 Å². The fraction of sp³-hybridized carbons (Fsp3) is 0.955. The molecule has 0 aromatic rings. The molecule has 0 radical (unpaired) electrons. The maximum Gasteiger partial charge on any atom is 0.306 e. The molecule has 0 aliphatic rings. The van der Waals surface area contributed by atoms with Crippen molar-refractivity contribution < 1.29 is 14.6 Å². The highest BCUT2D eigenvalue weighted by atomic mass is 16.6. The quantitative estimate of drug-likeness (QED) is 0.251. The smallest absolute Gasteiger partial charge is 0.306 e. The molecule has 1 unspecified atom stereocenters.